The number of hydrogen-bond donors (Lipinski definition) is 2. The Balaban J connectivity index is 1.83. The summed E-state index contributed by atoms with van der Waals surface area (Å²) in [6, 6.07) is 8.97. The molecule has 1 fully saturated rings. The molecule has 12 heteroatoms. The first kappa shape index (κ1) is 23.2. The lowest BCUT2D eigenvalue weighted by Gasteiger charge is -2.26. The van der Waals surface area contributed by atoms with Gasteiger partial charge in [0.05, 0.1) is 28.6 Å². The number of nitrogens with one attached hydrogen (secondary N) is 1. The quantitative estimate of drug-likeness (QED) is 0.642. The number of carbonyl (C=O) groups excluding carboxylic acids is 1. The Hall–Kier alpha value is -2.51. The smallest absolute Gasteiger partial charge is 0.259 e. The van der Waals surface area contributed by atoms with Crippen LogP contribution < -0.4 is 5.32 Å². The average Bonchev–Trinajstić information content (AvgIpc) is 2.74. The molecule has 1 amide bonds. The minimum atomic E-state index is -3.85. The largest absolute Gasteiger partial charge is 0.507 e. The molecule has 2 aromatic carbocycles. The van der Waals surface area contributed by atoms with Gasteiger partial charge in [0.25, 0.3) is 5.91 Å². The number of hydrogen-bond acceptors (Lipinski definition) is 7. The fraction of sp³-hybridized carbons (Fsp3) is 0.316. The van der Waals surface area contributed by atoms with Gasteiger partial charge in [-0.15, -0.1) is 0 Å². The Morgan fingerprint density at radius 2 is 1.58 bits per heavy atom. The Morgan fingerprint density at radius 3 is 2.16 bits per heavy atom. The number of morpholine rings is 1. The van der Waals surface area contributed by atoms with E-state index in [2.05, 4.69) is 5.32 Å². The van der Waals surface area contributed by atoms with Gasteiger partial charge in [0.2, 0.25) is 20.0 Å². The van der Waals surface area contributed by atoms with Gasteiger partial charge >= 0.3 is 0 Å². The number of ether oxygens (including phenoxy) is 1. The van der Waals surface area contributed by atoms with Crippen LogP contribution in [-0.2, 0) is 24.8 Å². The summed E-state index contributed by atoms with van der Waals surface area (Å²) in [4.78, 5) is 12.6. The summed E-state index contributed by atoms with van der Waals surface area (Å²) < 4.78 is 57.4. The van der Waals surface area contributed by atoms with E-state index in [-0.39, 0.29) is 53.1 Å². The molecular formula is C19H23N3O7S2. The van der Waals surface area contributed by atoms with E-state index in [1.54, 1.807) is 0 Å². The molecule has 1 aliphatic rings. The predicted octanol–water partition coefficient (Wildman–Crippen LogP) is 0.916. The van der Waals surface area contributed by atoms with Crippen LogP contribution in [0.15, 0.2) is 52.3 Å². The maximum atomic E-state index is 12.8. The average molecular weight is 470 g/mol. The number of anilines is 1. The number of sulfonamides is 2. The number of phenols is 1. The highest BCUT2D eigenvalue weighted by Crippen LogP contribution is 2.25. The van der Waals surface area contributed by atoms with Gasteiger partial charge in [-0.1, -0.05) is 0 Å². The van der Waals surface area contributed by atoms with Crippen molar-refractivity contribution in [3.05, 3.63) is 48.0 Å². The third-order valence-electron chi connectivity index (χ3n) is 4.71. The Bertz CT molecular complexity index is 1170. The lowest BCUT2D eigenvalue weighted by Crippen LogP contribution is -2.40. The highest BCUT2D eigenvalue weighted by molar-refractivity contribution is 7.89. The van der Waals surface area contributed by atoms with E-state index in [4.69, 9.17) is 4.74 Å². The molecule has 0 radical (unpaired) electrons. The van der Waals surface area contributed by atoms with E-state index >= 15 is 0 Å². The second kappa shape index (κ2) is 8.93. The molecule has 1 saturated heterocycles. The SMILES string of the molecule is CN(C)S(=O)(=O)c1ccc(NC(=O)c2cc(S(=O)(=O)N3CCOCC3)ccc2O)cc1. The van der Waals surface area contributed by atoms with Crippen molar-refractivity contribution in [2.45, 2.75) is 9.79 Å². The van der Waals surface area contributed by atoms with Crippen molar-refractivity contribution in [3.63, 3.8) is 0 Å². The van der Waals surface area contributed by atoms with Crippen LogP contribution in [0, 0.1) is 0 Å². The zero-order valence-corrected chi connectivity index (χ0v) is 18.6. The molecule has 1 heterocycles. The summed E-state index contributed by atoms with van der Waals surface area (Å²) in [6.45, 7) is 0.967. The van der Waals surface area contributed by atoms with E-state index in [0.29, 0.717) is 0 Å². The number of benzene rings is 2. The third-order valence-corrected chi connectivity index (χ3v) is 8.44. The molecule has 0 aliphatic carbocycles. The second-order valence-electron chi connectivity index (χ2n) is 6.96. The van der Waals surface area contributed by atoms with E-state index in [0.717, 1.165) is 16.4 Å². The molecule has 0 saturated carbocycles. The van der Waals surface area contributed by atoms with Crippen molar-refractivity contribution in [2.75, 3.05) is 45.7 Å². The molecule has 31 heavy (non-hydrogen) atoms. The Kier molecular flexibility index (Phi) is 6.67. The van der Waals surface area contributed by atoms with Gasteiger partial charge < -0.3 is 15.2 Å². The van der Waals surface area contributed by atoms with E-state index < -0.39 is 26.0 Å². The minimum Gasteiger partial charge on any atom is -0.507 e. The number of phenolic OH excluding ortho intramolecular Hbond substituents is 1. The normalized spacial score (nSPS) is 15.7. The first-order valence-corrected chi connectivity index (χ1v) is 12.2. The third kappa shape index (κ3) is 4.88. The Morgan fingerprint density at radius 1 is 1.00 bits per heavy atom. The maximum absolute atomic E-state index is 12.8. The number of carbonyl (C=O) groups is 1. The number of rotatable bonds is 6. The molecule has 0 unspecified atom stereocenters. The molecular weight excluding hydrogens is 446 g/mol. The first-order chi connectivity index (χ1) is 14.5. The van der Waals surface area contributed by atoms with Crippen molar-refractivity contribution >= 4 is 31.6 Å². The predicted molar refractivity (Wildman–Crippen MR) is 113 cm³/mol. The van der Waals surface area contributed by atoms with E-state index in [1.807, 2.05) is 0 Å². The lowest BCUT2D eigenvalue weighted by molar-refractivity contribution is 0.0730. The van der Waals surface area contributed by atoms with Gasteiger partial charge in [-0.2, -0.15) is 4.31 Å². The van der Waals surface area contributed by atoms with Gasteiger partial charge in [-0.05, 0) is 42.5 Å². The fourth-order valence-corrected chi connectivity index (χ4v) is 5.25. The highest BCUT2D eigenvalue weighted by Gasteiger charge is 2.28. The summed E-state index contributed by atoms with van der Waals surface area (Å²) in [6.07, 6.45) is 0. The van der Waals surface area contributed by atoms with E-state index in [9.17, 15) is 26.7 Å². The summed E-state index contributed by atoms with van der Waals surface area (Å²) >= 11 is 0. The van der Waals surface area contributed by atoms with Crippen molar-refractivity contribution in [2.24, 2.45) is 0 Å². The molecule has 0 aromatic heterocycles. The van der Waals surface area contributed by atoms with Crippen molar-refractivity contribution < 1.29 is 31.5 Å². The molecule has 3 rings (SSSR count). The van der Waals surface area contributed by atoms with Crippen LogP contribution in [0.25, 0.3) is 0 Å². The van der Waals surface area contributed by atoms with Crippen molar-refractivity contribution in [1.82, 2.24) is 8.61 Å². The standard InChI is InChI=1S/C19H23N3O7S2/c1-21(2)30(25,26)15-5-3-14(4-6-15)20-19(24)17-13-16(7-8-18(17)23)31(27,28)22-9-11-29-12-10-22/h3-8,13,23H,9-12H2,1-2H3,(H,20,24). The van der Waals surface area contributed by atoms with Gasteiger partial charge in [0, 0.05) is 32.9 Å². The number of aromatic hydroxyl groups is 1. The zero-order chi connectivity index (χ0) is 22.8. The van der Waals surface area contributed by atoms with Crippen LogP contribution in [0.1, 0.15) is 10.4 Å². The zero-order valence-electron chi connectivity index (χ0n) is 17.0. The van der Waals surface area contributed by atoms with Gasteiger partial charge in [0.1, 0.15) is 5.75 Å². The fourth-order valence-electron chi connectivity index (χ4n) is 2.91. The van der Waals surface area contributed by atoms with Gasteiger partial charge in [-0.25, -0.2) is 21.1 Å². The Labute approximate surface area is 181 Å². The topological polar surface area (TPSA) is 133 Å². The second-order valence-corrected chi connectivity index (χ2v) is 11.1. The molecule has 0 spiro atoms. The molecule has 1 aliphatic heterocycles. The highest BCUT2D eigenvalue weighted by atomic mass is 32.2. The molecule has 2 aromatic rings. The van der Waals surface area contributed by atoms with Gasteiger partial charge in [-0.3, -0.25) is 4.79 Å². The maximum Gasteiger partial charge on any atom is 0.259 e. The van der Waals surface area contributed by atoms with Crippen LogP contribution in [0.3, 0.4) is 0 Å². The molecule has 10 nitrogen and oxygen atoms in total. The van der Waals surface area contributed by atoms with E-state index in [1.165, 1.54) is 48.7 Å². The monoisotopic (exact) mass is 469 g/mol. The summed E-state index contributed by atoms with van der Waals surface area (Å²) in [7, 11) is -4.64. The van der Waals surface area contributed by atoms with Crippen molar-refractivity contribution in [1.29, 1.82) is 0 Å². The summed E-state index contributed by atoms with van der Waals surface area (Å²) in [5, 5.41) is 12.6. The summed E-state index contributed by atoms with van der Waals surface area (Å²) in [5.74, 6) is -1.12. The van der Waals surface area contributed by atoms with Crippen molar-refractivity contribution in [3.8, 4) is 5.75 Å². The number of amides is 1. The number of nitrogens with zero attached hydrogens (tertiary/aromatic N) is 2. The summed E-state index contributed by atoms with van der Waals surface area (Å²) in [5.41, 5.74) is 0.0582. The minimum absolute atomic E-state index is 0.0527. The molecule has 168 valence electrons. The lowest BCUT2D eigenvalue weighted by atomic mass is 10.2. The van der Waals surface area contributed by atoms with Crippen LogP contribution in [0.2, 0.25) is 0 Å². The first-order valence-electron chi connectivity index (χ1n) is 9.28. The van der Waals surface area contributed by atoms with Gasteiger partial charge in [0.15, 0.2) is 0 Å². The van der Waals surface area contributed by atoms with Crippen LogP contribution in [0.4, 0.5) is 5.69 Å². The molecule has 2 N–H and O–H groups in total. The molecule has 0 bridgehead atoms. The van der Waals surface area contributed by atoms with Crippen LogP contribution in [0.5, 0.6) is 5.75 Å². The van der Waals surface area contributed by atoms with Crippen LogP contribution in [-0.4, -0.2) is 76.9 Å². The molecule has 0 atom stereocenters. The van der Waals surface area contributed by atoms with Crippen LogP contribution >= 0.6 is 0 Å².